The highest BCUT2D eigenvalue weighted by atomic mass is 16.6. The molecule has 3 N–H and O–H groups in total. The van der Waals surface area contributed by atoms with E-state index in [1.807, 2.05) is 61.8 Å². The molecule has 1 aromatic heterocycles. The molecule has 9 rings (SSSR count). The van der Waals surface area contributed by atoms with Crippen LogP contribution in [0.5, 0.6) is 5.75 Å². The van der Waals surface area contributed by atoms with Crippen LogP contribution in [0.3, 0.4) is 0 Å². The SMILES string of the molecule is CCC1=CC2CN(C1)/C(C(=O)NC(C)C)=C(/C(=O)OC)Cc1c([nH]c3ccc(C=O)cc13)[C@@](C(=O)OC)(c1cc3c(cc1OC)N(C)[C@H]1[C@@](O)(C(=O)OC)[C@H](OC(C)=O)[C@]4(CC)C=CCN5CC[C@]31[C@@H]54)C2. The highest BCUT2D eigenvalue weighted by Gasteiger charge is 2.80. The van der Waals surface area contributed by atoms with E-state index in [0.29, 0.717) is 77.9 Å². The standard InChI is InChI=1S/C54H65N5O12/c1-11-31-20-33-25-53(49(64)69-9,43-35(34-21-32(28-60)14-15-39(34)56-43)22-36(45(63)68-8)42(59(26-31)27-33)44(62)55-29(3)4)38-23-37-40(24-41(38)67-7)57(6)47-52(37)17-19-58-18-13-16-51(12-2,46(52)58)48(71-30(5)61)54(47,66)50(65)70-10/h13-16,20-21,23-24,28-29,33,46-48,56,66H,11-12,17-19,22,25-27H2,1-10H3,(H,55,62)/b42-36+/t33?,46-,47+,48+,51+,52+,53-,54-/m0/s1. The Balaban J connectivity index is 1.42. The molecule has 0 radical (unpaired) electrons. The maximum atomic E-state index is 15.8. The summed E-state index contributed by atoms with van der Waals surface area (Å²) >= 11 is 0. The lowest BCUT2D eigenvalue weighted by Gasteiger charge is -2.63. The first kappa shape index (κ1) is 49.5. The minimum Gasteiger partial charge on any atom is -0.496 e. The average Bonchev–Trinajstić information content (AvgIpc) is 4.01. The fourth-order valence-corrected chi connectivity index (χ4v) is 14.1. The minimum absolute atomic E-state index is 0.0595. The van der Waals surface area contributed by atoms with Gasteiger partial charge in [-0.3, -0.25) is 24.1 Å². The van der Waals surface area contributed by atoms with Crippen molar-refractivity contribution in [2.75, 3.05) is 66.6 Å². The van der Waals surface area contributed by atoms with Gasteiger partial charge in [-0.25, -0.2) is 9.59 Å². The van der Waals surface area contributed by atoms with Crippen molar-refractivity contribution in [3.05, 3.63) is 93.4 Å². The number of rotatable bonds is 11. The number of H-pyrrole nitrogens is 1. The van der Waals surface area contributed by atoms with Gasteiger partial charge in [0.1, 0.15) is 23.1 Å². The van der Waals surface area contributed by atoms with Gasteiger partial charge in [0.2, 0.25) is 5.60 Å². The second kappa shape index (κ2) is 18.0. The molecule has 1 unspecified atom stereocenters. The summed E-state index contributed by atoms with van der Waals surface area (Å²) in [7, 11) is 7.13. The number of benzene rings is 2. The summed E-state index contributed by atoms with van der Waals surface area (Å²) in [5, 5.41) is 17.1. The first-order valence-electron chi connectivity index (χ1n) is 24.5. The lowest BCUT2D eigenvalue weighted by molar-refractivity contribution is -0.228. The number of aldehydes is 1. The van der Waals surface area contributed by atoms with Crippen molar-refractivity contribution in [1.29, 1.82) is 0 Å². The second-order valence-corrected chi connectivity index (χ2v) is 20.4. The smallest absolute Gasteiger partial charge is 0.344 e. The lowest BCUT2D eigenvalue weighted by Crippen LogP contribution is -2.81. The molecule has 2 aromatic carbocycles. The van der Waals surface area contributed by atoms with Crippen molar-refractivity contribution >= 4 is 52.7 Å². The van der Waals surface area contributed by atoms with Crippen LogP contribution in [0.2, 0.25) is 0 Å². The Hall–Kier alpha value is -6.46. The van der Waals surface area contributed by atoms with Gasteiger partial charge in [0, 0.05) is 102 Å². The number of amides is 1. The summed E-state index contributed by atoms with van der Waals surface area (Å²) in [6.07, 6.45) is 6.84. The maximum Gasteiger partial charge on any atom is 0.344 e. The van der Waals surface area contributed by atoms with E-state index < -0.39 is 75.7 Å². The summed E-state index contributed by atoms with van der Waals surface area (Å²) in [5.41, 5.74) is -1.65. The fraction of sp³-hybridized carbons (Fsp3) is 0.519. The number of fused-ring (bicyclic) bond motifs is 6. The molecule has 1 saturated heterocycles. The van der Waals surface area contributed by atoms with Crippen molar-refractivity contribution in [2.24, 2.45) is 11.3 Å². The van der Waals surface area contributed by atoms with E-state index >= 15 is 4.79 Å². The Morgan fingerprint density at radius 1 is 0.986 bits per heavy atom. The number of hydrogen-bond acceptors (Lipinski definition) is 15. The van der Waals surface area contributed by atoms with Gasteiger partial charge < -0.3 is 48.9 Å². The van der Waals surface area contributed by atoms with Crippen molar-refractivity contribution in [2.45, 2.75) is 107 Å². The number of anilines is 1. The molecular formula is C54H65N5O12. The third-order valence-corrected chi connectivity index (χ3v) is 16.6. The molecule has 17 nitrogen and oxygen atoms in total. The summed E-state index contributed by atoms with van der Waals surface area (Å²) in [6, 6.07) is 7.19. The largest absolute Gasteiger partial charge is 0.496 e. The molecule has 3 aromatic rings. The normalized spacial score (nSPS) is 30.6. The van der Waals surface area contributed by atoms with E-state index in [1.54, 1.807) is 25.2 Å². The second-order valence-electron chi connectivity index (χ2n) is 20.4. The predicted octanol–water partition coefficient (Wildman–Crippen LogP) is 4.56. The molecule has 2 fully saturated rings. The number of nitrogens with one attached hydrogen (secondary N) is 2. The summed E-state index contributed by atoms with van der Waals surface area (Å²) < 4.78 is 29.6. The van der Waals surface area contributed by atoms with Crippen LogP contribution >= 0.6 is 0 Å². The van der Waals surface area contributed by atoms with Crippen LogP contribution in [-0.4, -0.2) is 147 Å². The quantitative estimate of drug-likeness (QED) is 0.104. The molecule has 2 bridgehead atoms. The first-order valence-corrected chi connectivity index (χ1v) is 24.5. The number of aromatic nitrogens is 1. The van der Waals surface area contributed by atoms with Gasteiger partial charge >= 0.3 is 23.9 Å². The number of esters is 4. The maximum absolute atomic E-state index is 15.8. The Kier molecular flexibility index (Phi) is 12.5. The van der Waals surface area contributed by atoms with Crippen molar-refractivity contribution < 1.29 is 57.6 Å². The number of aliphatic hydroxyl groups is 1. The van der Waals surface area contributed by atoms with Crippen molar-refractivity contribution in [3.8, 4) is 5.75 Å². The van der Waals surface area contributed by atoms with E-state index in [0.717, 1.165) is 17.4 Å². The number of methoxy groups -OCH3 is 4. The number of carbonyl (C=O) groups is 6. The molecule has 17 heteroatoms. The summed E-state index contributed by atoms with van der Waals surface area (Å²) in [4.78, 5) is 94.8. The van der Waals surface area contributed by atoms with Crippen LogP contribution < -0.4 is 15.0 Å². The minimum atomic E-state index is -2.41. The number of likely N-dealkylation sites (N-methyl/N-ethyl adjacent to an activating group) is 1. The predicted molar refractivity (Wildman–Crippen MR) is 262 cm³/mol. The highest BCUT2D eigenvalue weighted by molar-refractivity contribution is 6.04. The number of ether oxygens (including phenoxy) is 5. The number of carbonyl (C=O) groups excluding carboxylic acids is 6. The van der Waals surface area contributed by atoms with Crippen LogP contribution in [0.4, 0.5) is 5.69 Å². The van der Waals surface area contributed by atoms with Gasteiger partial charge in [0.25, 0.3) is 5.91 Å². The summed E-state index contributed by atoms with van der Waals surface area (Å²) in [6.45, 7) is 10.6. The molecule has 1 aliphatic carbocycles. The van der Waals surface area contributed by atoms with Crippen LogP contribution in [0.15, 0.2) is 65.4 Å². The number of nitrogens with zero attached hydrogens (tertiary/aromatic N) is 3. The third kappa shape index (κ3) is 6.99. The molecule has 5 aliphatic heterocycles. The van der Waals surface area contributed by atoms with Crippen LogP contribution in [0.25, 0.3) is 10.9 Å². The Morgan fingerprint density at radius 3 is 2.37 bits per heavy atom. The fourth-order valence-electron chi connectivity index (χ4n) is 14.1. The molecule has 8 atom stereocenters. The molecular weight excluding hydrogens is 911 g/mol. The first-order chi connectivity index (χ1) is 33.9. The Morgan fingerprint density at radius 2 is 1.73 bits per heavy atom. The molecule has 378 valence electrons. The van der Waals surface area contributed by atoms with E-state index in [2.05, 4.69) is 21.3 Å². The van der Waals surface area contributed by atoms with E-state index in [4.69, 9.17) is 23.7 Å². The molecule has 1 amide bonds. The zero-order chi connectivity index (χ0) is 51.1. The van der Waals surface area contributed by atoms with E-state index in [9.17, 15) is 29.1 Å². The number of aromatic amines is 1. The average molecular weight is 976 g/mol. The zero-order valence-electron chi connectivity index (χ0n) is 42.2. The lowest BCUT2D eigenvalue weighted by atomic mass is 9.47. The van der Waals surface area contributed by atoms with Gasteiger partial charge in [0.05, 0.1) is 40.1 Å². The van der Waals surface area contributed by atoms with Gasteiger partial charge in [-0.15, -0.1) is 0 Å². The molecule has 1 saturated carbocycles. The van der Waals surface area contributed by atoms with Gasteiger partial charge in [-0.1, -0.05) is 37.6 Å². The van der Waals surface area contributed by atoms with Crippen LogP contribution in [-0.2, 0) is 60.2 Å². The zero-order valence-corrected chi connectivity index (χ0v) is 42.2. The van der Waals surface area contributed by atoms with Gasteiger partial charge in [0.15, 0.2) is 6.10 Å². The van der Waals surface area contributed by atoms with Crippen molar-refractivity contribution in [3.63, 3.8) is 0 Å². The monoisotopic (exact) mass is 975 g/mol. The van der Waals surface area contributed by atoms with E-state index in [1.165, 1.54) is 35.4 Å². The molecule has 6 heterocycles. The Labute approximate surface area is 413 Å². The Bertz CT molecular complexity index is 2850. The van der Waals surface area contributed by atoms with Crippen LogP contribution in [0.1, 0.15) is 93.0 Å². The summed E-state index contributed by atoms with van der Waals surface area (Å²) in [5.74, 6) is -3.62. The molecule has 71 heavy (non-hydrogen) atoms. The van der Waals surface area contributed by atoms with Gasteiger partial charge in [-0.2, -0.15) is 0 Å². The highest BCUT2D eigenvalue weighted by Crippen LogP contribution is 2.68. The van der Waals surface area contributed by atoms with Crippen molar-refractivity contribution in [1.82, 2.24) is 20.1 Å². The number of hydrogen-bond donors (Lipinski definition) is 3. The van der Waals surface area contributed by atoms with Gasteiger partial charge in [-0.05, 0) is 87.4 Å². The third-order valence-electron chi connectivity index (χ3n) is 16.6. The van der Waals surface area contributed by atoms with Crippen LogP contribution in [0, 0.1) is 11.3 Å². The van der Waals surface area contributed by atoms with E-state index in [-0.39, 0.29) is 42.4 Å². The molecule has 6 aliphatic rings. The molecule has 1 spiro atoms. The topological polar surface area (TPSA) is 206 Å².